The van der Waals surface area contributed by atoms with E-state index in [1.54, 1.807) is 17.9 Å². The van der Waals surface area contributed by atoms with Gasteiger partial charge in [0.1, 0.15) is 18.4 Å². The molecule has 0 saturated heterocycles. The molecule has 2 heterocycles. The van der Waals surface area contributed by atoms with Gasteiger partial charge in [0.15, 0.2) is 0 Å². The minimum atomic E-state index is -0.482. The highest BCUT2D eigenvalue weighted by atomic mass is 16.5. The van der Waals surface area contributed by atoms with Crippen molar-refractivity contribution < 1.29 is 14.3 Å². The number of nitrogens with zero attached hydrogens (tertiary/aromatic N) is 4. The third-order valence-corrected chi connectivity index (χ3v) is 5.32. The second-order valence-corrected chi connectivity index (χ2v) is 7.47. The number of ether oxygens (including phenoxy) is 2. The van der Waals surface area contributed by atoms with E-state index in [4.69, 9.17) is 15.2 Å². The SMILES string of the molecule is CCOC(=O)Nc1cccc(-c2c(N)c3ccc(OCCCn4cncn4)cc3n2CC)c1. The molecule has 0 atom stereocenters. The number of carbonyl (C=O) groups excluding carboxylic acids is 1. The van der Waals surface area contributed by atoms with Crippen LogP contribution in [0.1, 0.15) is 20.3 Å². The van der Waals surface area contributed by atoms with E-state index in [0.717, 1.165) is 47.4 Å². The number of amides is 1. The molecule has 1 amide bonds. The molecular formula is C24H28N6O3. The monoisotopic (exact) mass is 448 g/mol. The molecule has 33 heavy (non-hydrogen) atoms. The van der Waals surface area contributed by atoms with E-state index in [2.05, 4.69) is 26.9 Å². The fourth-order valence-electron chi connectivity index (χ4n) is 3.88. The fraction of sp³-hybridized carbons (Fsp3) is 0.292. The third-order valence-electron chi connectivity index (χ3n) is 5.32. The number of nitrogens with one attached hydrogen (secondary N) is 1. The van der Waals surface area contributed by atoms with Gasteiger partial charge in [-0.15, -0.1) is 0 Å². The van der Waals surface area contributed by atoms with Crippen LogP contribution in [0.5, 0.6) is 5.75 Å². The number of hydrogen-bond donors (Lipinski definition) is 2. The summed E-state index contributed by atoms with van der Waals surface area (Å²) in [5, 5.41) is 7.81. The summed E-state index contributed by atoms with van der Waals surface area (Å²) in [4.78, 5) is 15.8. The minimum Gasteiger partial charge on any atom is -0.493 e. The second-order valence-electron chi connectivity index (χ2n) is 7.47. The Bertz CT molecular complexity index is 1230. The molecule has 0 bridgehead atoms. The third kappa shape index (κ3) is 4.92. The fourth-order valence-corrected chi connectivity index (χ4v) is 3.88. The smallest absolute Gasteiger partial charge is 0.411 e. The number of rotatable bonds is 9. The van der Waals surface area contributed by atoms with Gasteiger partial charge in [0.05, 0.1) is 30.1 Å². The molecule has 3 N–H and O–H groups in total. The summed E-state index contributed by atoms with van der Waals surface area (Å²) in [6.07, 6.45) is 3.56. The Morgan fingerprint density at radius 1 is 1.18 bits per heavy atom. The molecule has 9 nitrogen and oxygen atoms in total. The standard InChI is InChI=1S/C24H28N6O3/c1-3-30-21-14-19(33-12-6-11-29-16-26-15-27-29)9-10-20(21)22(25)23(30)17-7-5-8-18(13-17)28-24(31)32-4-2/h5,7-10,13-16H,3-4,6,11-12,25H2,1-2H3,(H,28,31). The average Bonchev–Trinajstić information content (AvgIpc) is 3.43. The summed E-state index contributed by atoms with van der Waals surface area (Å²) >= 11 is 0. The zero-order valence-corrected chi connectivity index (χ0v) is 18.8. The topological polar surface area (TPSA) is 109 Å². The van der Waals surface area contributed by atoms with Gasteiger partial charge in [0.25, 0.3) is 0 Å². The first kappa shape index (κ1) is 22.2. The van der Waals surface area contributed by atoms with Crippen molar-refractivity contribution >= 4 is 28.4 Å². The Balaban J connectivity index is 1.57. The lowest BCUT2D eigenvalue weighted by molar-refractivity contribution is 0.168. The van der Waals surface area contributed by atoms with E-state index in [-0.39, 0.29) is 0 Å². The molecular weight excluding hydrogens is 420 g/mol. The molecule has 172 valence electrons. The molecule has 0 unspecified atom stereocenters. The van der Waals surface area contributed by atoms with Crippen molar-refractivity contribution in [3.05, 3.63) is 55.1 Å². The maximum Gasteiger partial charge on any atom is 0.411 e. The van der Waals surface area contributed by atoms with Crippen LogP contribution in [0.15, 0.2) is 55.1 Å². The van der Waals surface area contributed by atoms with E-state index < -0.39 is 6.09 Å². The molecule has 9 heteroatoms. The van der Waals surface area contributed by atoms with Crippen LogP contribution in [-0.4, -0.2) is 38.6 Å². The van der Waals surface area contributed by atoms with Crippen molar-refractivity contribution in [3.8, 4) is 17.0 Å². The first-order valence-corrected chi connectivity index (χ1v) is 11.0. The number of fused-ring (bicyclic) bond motifs is 1. The van der Waals surface area contributed by atoms with Gasteiger partial charge in [0.2, 0.25) is 0 Å². The number of nitrogens with two attached hydrogens (primary N) is 1. The number of carbonyl (C=O) groups is 1. The van der Waals surface area contributed by atoms with Crippen molar-refractivity contribution in [2.24, 2.45) is 0 Å². The van der Waals surface area contributed by atoms with Crippen LogP contribution < -0.4 is 15.8 Å². The van der Waals surface area contributed by atoms with E-state index in [1.165, 1.54) is 6.33 Å². The van der Waals surface area contributed by atoms with E-state index >= 15 is 0 Å². The van der Waals surface area contributed by atoms with E-state index in [0.29, 0.717) is 24.6 Å². The summed E-state index contributed by atoms with van der Waals surface area (Å²) in [6.45, 7) is 6.21. The predicted octanol–water partition coefficient (Wildman–Crippen LogP) is 4.54. The van der Waals surface area contributed by atoms with Crippen LogP contribution in [0.4, 0.5) is 16.2 Å². The molecule has 0 spiro atoms. The lowest BCUT2D eigenvalue weighted by atomic mass is 10.1. The first-order valence-electron chi connectivity index (χ1n) is 11.0. The molecule has 0 aliphatic heterocycles. The predicted molar refractivity (Wildman–Crippen MR) is 128 cm³/mol. The summed E-state index contributed by atoms with van der Waals surface area (Å²) in [5.41, 5.74) is 10.7. The highest BCUT2D eigenvalue weighted by molar-refractivity contribution is 6.02. The number of anilines is 2. The zero-order chi connectivity index (χ0) is 23.2. The lowest BCUT2D eigenvalue weighted by Crippen LogP contribution is -2.13. The minimum absolute atomic E-state index is 0.313. The van der Waals surface area contributed by atoms with Crippen LogP contribution in [0.2, 0.25) is 0 Å². The molecule has 2 aromatic carbocycles. The average molecular weight is 449 g/mol. The maximum atomic E-state index is 11.8. The highest BCUT2D eigenvalue weighted by Crippen LogP contribution is 2.38. The molecule has 0 fully saturated rings. The molecule has 0 saturated carbocycles. The Labute approximate surface area is 192 Å². The first-order chi connectivity index (χ1) is 16.1. The number of aromatic nitrogens is 4. The normalized spacial score (nSPS) is 11.0. The van der Waals surface area contributed by atoms with Gasteiger partial charge >= 0.3 is 6.09 Å². The van der Waals surface area contributed by atoms with Gasteiger partial charge in [-0.25, -0.2) is 9.78 Å². The largest absolute Gasteiger partial charge is 0.493 e. The van der Waals surface area contributed by atoms with Gasteiger partial charge in [-0.1, -0.05) is 12.1 Å². The number of benzene rings is 2. The Hall–Kier alpha value is -4.01. The van der Waals surface area contributed by atoms with Crippen LogP contribution in [0, 0.1) is 0 Å². The number of hydrogen-bond acceptors (Lipinski definition) is 6. The van der Waals surface area contributed by atoms with Crippen molar-refractivity contribution in [1.82, 2.24) is 19.3 Å². The van der Waals surface area contributed by atoms with Crippen molar-refractivity contribution in [3.63, 3.8) is 0 Å². The number of aryl methyl sites for hydroxylation is 2. The Morgan fingerprint density at radius 3 is 2.82 bits per heavy atom. The van der Waals surface area contributed by atoms with Crippen LogP contribution in [-0.2, 0) is 17.8 Å². The summed E-state index contributed by atoms with van der Waals surface area (Å²) in [7, 11) is 0. The molecule has 2 aromatic heterocycles. The maximum absolute atomic E-state index is 11.8. The van der Waals surface area contributed by atoms with Crippen LogP contribution in [0.3, 0.4) is 0 Å². The van der Waals surface area contributed by atoms with Crippen LogP contribution in [0.25, 0.3) is 22.2 Å². The Morgan fingerprint density at radius 2 is 2.06 bits per heavy atom. The van der Waals surface area contributed by atoms with E-state index in [1.807, 2.05) is 42.5 Å². The summed E-state index contributed by atoms with van der Waals surface area (Å²) in [6, 6.07) is 13.5. The molecule has 0 radical (unpaired) electrons. The highest BCUT2D eigenvalue weighted by Gasteiger charge is 2.17. The van der Waals surface area contributed by atoms with Crippen molar-refractivity contribution in [2.45, 2.75) is 33.4 Å². The molecule has 0 aliphatic carbocycles. The van der Waals surface area contributed by atoms with E-state index in [9.17, 15) is 4.79 Å². The summed E-state index contributed by atoms with van der Waals surface area (Å²) < 4.78 is 14.9. The van der Waals surface area contributed by atoms with Crippen LogP contribution >= 0.6 is 0 Å². The Kier molecular flexibility index (Phi) is 6.77. The summed E-state index contributed by atoms with van der Waals surface area (Å²) in [5.74, 6) is 0.789. The molecule has 0 aliphatic rings. The molecule has 4 aromatic rings. The quantitative estimate of drug-likeness (QED) is 0.364. The van der Waals surface area contributed by atoms with Gasteiger partial charge in [0, 0.05) is 42.2 Å². The second kappa shape index (κ2) is 10.1. The van der Waals surface area contributed by atoms with Crippen molar-refractivity contribution in [1.29, 1.82) is 0 Å². The van der Waals surface area contributed by atoms with Gasteiger partial charge in [-0.3, -0.25) is 10.00 Å². The van der Waals surface area contributed by atoms with Gasteiger partial charge < -0.3 is 19.8 Å². The van der Waals surface area contributed by atoms with Gasteiger partial charge in [-0.05, 0) is 38.1 Å². The van der Waals surface area contributed by atoms with Crippen molar-refractivity contribution in [2.75, 3.05) is 24.3 Å². The number of nitrogen functional groups attached to an aromatic ring is 1. The zero-order valence-electron chi connectivity index (χ0n) is 18.8. The lowest BCUT2D eigenvalue weighted by Gasteiger charge is -2.12. The van der Waals surface area contributed by atoms with Gasteiger partial charge in [-0.2, -0.15) is 5.10 Å². The molecule has 4 rings (SSSR count).